The third-order valence-electron chi connectivity index (χ3n) is 2.34. The van der Waals surface area contributed by atoms with E-state index in [4.69, 9.17) is 34.8 Å². The molecule has 0 unspecified atom stereocenters. The first-order valence-corrected chi connectivity index (χ1v) is 5.90. The van der Waals surface area contributed by atoms with E-state index >= 15 is 0 Å². The highest BCUT2D eigenvalue weighted by Gasteiger charge is 2.34. The van der Waals surface area contributed by atoms with Gasteiger partial charge >= 0.3 is 0 Å². The number of nitrogens with zero attached hydrogens (tertiary/aromatic N) is 1. The molecule has 0 aromatic heterocycles. The van der Waals surface area contributed by atoms with E-state index in [1.54, 1.807) is 0 Å². The summed E-state index contributed by atoms with van der Waals surface area (Å²) >= 11 is 17.3. The number of carbonyl (C=O) groups excluding carboxylic acids is 2. The van der Waals surface area contributed by atoms with E-state index in [1.165, 1.54) is 18.2 Å². The van der Waals surface area contributed by atoms with Gasteiger partial charge in [-0.25, -0.2) is 4.90 Å². The van der Waals surface area contributed by atoms with Gasteiger partial charge < -0.3 is 5.11 Å². The molecule has 0 aliphatic carbocycles. The number of phenols is 1. The van der Waals surface area contributed by atoms with Gasteiger partial charge in [-0.1, -0.05) is 34.8 Å². The second-order valence-electron chi connectivity index (χ2n) is 3.54. The van der Waals surface area contributed by atoms with E-state index in [1.807, 2.05) is 0 Å². The first kappa shape index (κ1) is 13.2. The van der Waals surface area contributed by atoms with Crippen molar-refractivity contribution in [3.8, 4) is 5.75 Å². The van der Waals surface area contributed by atoms with Gasteiger partial charge in [0.1, 0.15) is 5.75 Å². The first-order valence-electron chi connectivity index (χ1n) is 4.77. The second kappa shape index (κ2) is 4.46. The SMILES string of the molecule is O=C1C=CC(=O)N1c1ccc(O)cc1C(Cl)(Cl)Cl. The molecule has 1 aromatic carbocycles. The Bertz CT molecular complexity index is 545. The normalized spacial score (nSPS) is 15.6. The molecule has 1 aromatic rings. The Morgan fingerprint density at radius 2 is 1.61 bits per heavy atom. The van der Waals surface area contributed by atoms with Crippen LogP contribution in [0.4, 0.5) is 5.69 Å². The fourth-order valence-corrected chi connectivity index (χ4v) is 2.04. The minimum Gasteiger partial charge on any atom is -0.508 e. The molecule has 0 saturated carbocycles. The maximum Gasteiger partial charge on any atom is 0.258 e. The van der Waals surface area contributed by atoms with Crippen LogP contribution < -0.4 is 4.90 Å². The average molecular weight is 307 g/mol. The highest BCUT2D eigenvalue weighted by atomic mass is 35.6. The molecule has 1 N–H and O–H groups in total. The molecule has 0 bridgehead atoms. The van der Waals surface area contributed by atoms with Crippen LogP contribution >= 0.6 is 34.8 Å². The standard InChI is InChI=1S/C11H6Cl3NO3/c12-11(13,14)7-5-6(16)1-2-8(7)15-9(17)3-4-10(15)18/h1-5,16H. The number of anilines is 1. The van der Waals surface area contributed by atoms with Crippen LogP contribution in [-0.4, -0.2) is 16.9 Å². The van der Waals surface area contributed by atoms with Crippen LogP contribution in [0.5, 0.6) is 5.75 Å². The lowest BCUT2D eigenvalue weighted by Gasteiger charge is -2.22. The number of carbonyl (C=O) groups is 2. The summed E-state index contributed by atoms with van der Waals surface area (Å²) in [6, 6.07) is 3.84. The molecular weight excluding hydrogens is 300 g/mol. The molecule has 18 heavy (non-hydrogen) atoms. The van der Waals surface area contributed by atoms with E-state index in [2.05, 4.69) is 0 Å². The van der Waals surface area contributed by atoms with Crippen LogP contribution in [0.15, 0.2) is 30.4 Å². The van der Waals surface area contributed by atoms with Crippen molar-refractivity contribution in [3.05, 3.63) is 35.9 Å². The predicted molar refractivity (Wildman–Crippen MR) is 69.0 cm³/mol. The molecule has 0 spiro atoms. The Hall–Kier alpha value is -1.23. The molecule has 2 amide bonds. The van der Waals surface area contributed by atoms with Crippen molar-refractivity contribution in [1.82, 2.24) is 0 Å². The van der Waals surface area contributed by atoms with E-state index in [-0.39, 0.29) is 17.0 Å². The molecule has 2 rings (SSSR count). The zero-order valence-electron chi connectivity index (χ0n) is 8.73. The molecule has 94 valence electrons. The first-order chi connectivity index (χ1) is 8.30. The van der Waals surface area contributed by atoms with Gasteiger partial charge in [0.25, 0.3) is 11.8 Å². The molecule has 1 aliphatic heterocycles. The van der Waals surface area contributed by atoms with Crippen molar-refractivity contribution in [2.75, 3.05) is 4.90 Å². The molecule has 7 heteroatoms. The monoisotopic (exact) mass is 305 g/mol. The number of alkyl halides is 3. The molecule has 1 heterocycles. The van der Waals surface area contributed by atoms with Crippen molar-refractivity contribution in [2.24, 2.45) is 0 Å². The topological polar surface area (TPSA) is 57.6 Å². The third kappa shape index (κ3) is 2.32. The van der Waals surface area contributed by atoms with Gasteiger partial charge in [-0.05, 0) is 18.2 Å². The number of amides is 2. The summed E-state index contributed by atoms with van der Waals surface area (Å²) in [5, 5.41) is 9.40. The molecule has 0 saturated heterocycles. The Morgan fingerprint density at radius 3 is 2.11 bits per heavy atom. The van der Waals surface area contributed by atoms with Crippen LogP contribution in [0.1, 0.15) is 5.56 Å². The van der Waals surface area contributed by atoms with E-state index in [9.17, 15) is 14.7 Å². The number of imide groups is 1. The summed E-state index contributed by atoms with van der Waals surface area (Å²) in [7, 11) is 0. The van der Waals surface area contributed by atoms with Crippen LogP contribution in [-0.2, 0) is 13.4 Å². The van der Waals surface area contributed by atoms with Gasteiger partial charge in [-0.15, -0.1) is 0 Å². The van der Waals surface area contributed by atoms with Crippen LogP contribution in [0.3, 0.4) is 0 Å². The average Bonchev–Trinajstić information content (AvgIpc) is 2.58. The van der Waals surface area contributed by atoms with Gasteiger partial charge in [-0.2, -0.15) is 0 Å². The summed E-state index contributed by atoms with van der Waals surface area (Å²) in [6.07, 6.45) is 2.24. The highest BCUT2D eigenvalue weighted by molar-refractivity contribution is 6.67. The second-order valence-corrected chi connectivity index (χ2v) is 5.83. The minimum atomic E-state index is -1.86. The third-order valence-corrected chi connectivity index (χ3v) is 2.95. The molecular formula is C11H6Cl3NO3. The van der Waals surface area contributed by atoms with Crippen LogP contribution in [0, 0.1) is 0 Å². The number of phenolic OH excluding ortho intramolecular Hbond substituents is 1. The Labute approximate surface area is 117 Å². The molecule has 4 nitrogen and oxygen atoms in total. The Balaban J connectivity index is 2.58. The summed E-state index contributed by atoms with van der Waals surface area (Å²) < 4.78 is -1.86. The maximum atomic E-state index is 11.6. The van der Waals surface area contributed by atoms with E-state index in [0.29, 0.717) is 0 Å². The van der Waals surface area contributed by atoms with Gasteiger partial charge in [-0.3, -0.25) is 9.59 Å². The fourth-order valence-electron chi connectivity index (χ4n) is 1.58. The van der Waals surface area contributed by atoms with Crippen molar-refractivity contribution >= 4 is 52.3 Å². The molecule has 0 radical (unpaired) electrons. The number of aromatic hydroxyl groups is 1. The lowest BCUT2D eigenvalue weighted by atomic mass is 10.1. The molecule has 1 aliphatic rings. The quantitative estimate of drug-likeness (QED) is 0.641. The minimum absolute atomic E-state index is 0.0536. The van der Waals surface area contributed by atoms with Crippen molar-refractivity contribution in [1.29, 1.82) is 0 Å². The lowest BCUT2D eigenvalue weighted by Crippen LogP contribution is -2.31. The summed E-state index contributed by atoms with van der Waals surface area (Å²) in [5.74, 6) is -1.19. The number of hydrogen-bond donors (Lipinski definition) is 1. The summed E-state index contributed by atoms with van der Waals surface area (Å²) in [6.45, 7) is 0. The maximum absolute atomic E-state index is 11.6. The van der Waals surface area contributed by atoms with Crippen molar-refractivity contribution in [2.45, 2.75) is 3.79 Å². The van der Waals surface area contributed by atoms with Crippen molar-refractivity contribution in [3.63, 3.8) is 0 Å². The van der Waals surface area contributed by atoms with Gasteiger partial charge in [0.15, 0.2) is 0 Å². The number of rotatable bonds is 1. The smallest absolute Gasteiger partial charge is 0.258 e. The summed E-state index contributed by atoms with van der Waals surface area (Å²) in [4.78, 5) is 24.0. The lowest BCUT2D eigenvalue weighted by molar-refractivity contribution is -0.119. The molecule has 0 atom stereocenters. The number of benzene rings is 1. The zero-order valence-corrected chi connectivity index (χ0v) is 11.0. The summed E-state index contributed by atoms with van der Waals surface area (Å²) in [5.41, 5.74) is 0.186. The Morgan fingerprint density at radius 1 is 1.06 bits per heavy atom. The van der Waals surface area contributed by atoms with Crippen LogP contribution in [0.2, 0.25) is 0 Å². The van der Waals surface area contributed by atoms with Crippen molar-refractivity contribution < 1.29 is 14.7 Å². The predicted octanol–water partition coefficient (Wildman–Crippen LogP) is 2.65. The van der Waals surface area contributed by atoms with E-state index in [0.717, 1.165) is 17.1 Å². The highest BCUT2D eigenvalue weighted by Crippen LogP contribution is 2.44. The zero-order chi connectivity index (χ0) is 13.5. The van der Waals surface area contributed by atoms with Crippen LogP contribution in [0.25, 0.3) is 0 Å². The number of halogens is 3. The van der Waals surface area contributed by atoms with Gasteiger partial charge in [0, 0.05) is 17.7 Å². The number of hydrogen-bond acceptors (Lipinski definition) is 3. The van der Waals surface area contributed by atoms with E-state index < -0.39 is 15.6 Å². The van der Waals surface area contributed by atoms with Gasteiger partial charge in [0.2, 0.25) is 3.79 Å². The molecule has 0 fully saturated rings. The van der Waals surface area contributed by atoms with Gasteiger partial charge in [0.05, 0.1) is 5.69 Å². The fraction of sp³-hybridized carbons (Fsp3) is 0.0909. The Kier molecular flexibility index (Phi) is 3.27. The largest absolute Gasteiger partial charge is 0.508 e.